The largest absolute Gasteiger partial charge is 0.491 e. The summed E-state index contributed by atoms with van der Waals surface area (Å²) >= 11 is 6.72. The molecule has 1 atom stereocenters. The number of hydrogen-bond donors (Lipinski definition) is 0. The maximum atomic E-state index is 12.8. The Kier molecular flexibility index (Phi) is 7.36. The van der Waals surface area contributed by atoms with E-state index in [-0.39, 0.29) is 5.91 Å². The Morgan fingerprint density at radius 2 is 1.94 bits per heavy atom. The second-order valence-corrected chi connectivity index (χ2v) is 9.75. The van der Waals surface area contributed by atoms with E-state index in [0.717, 1.165) is 28.6 Å². The number of aromatic nitrogens is 1. The molecule has 1 aliphatic heterocycles. The molecule has 0 aliphatic carbocycles. The van der Waals surface area contributed by atoms with Crippen LogP contribution in [0.2, 0.25) is 0 Å². The first kappa shape index (κ1) is 23.3. The number of benzene rings is 2. The van der Waals surface area contributed by atoms with Crippen LogP contribution in [0.5, 0.6) is 5.75 Å². The second-order valence-electron chi connectivity index (χ2n) is 8.07. The van der Waals surface area contributed by atoms with E-state index in [9.17, 15) is 4.79 Å². The van der Waals surface area contributed by atoms with Gasteiger partial charge >= 0.3 is 0 Å². The summed E-state index contributed by atoms with van der Waals surface area (Å²) in [6.45, 7) is 9.84. The molecule has 1 saturated heterocycles. The molecule has 2 aromatic carbocycles. The van der Waals surface area contributed by atoms with Crippen LogP contribution in [0.25, 0.3) is 17.0 Å². The topological polar surface area (TPSA) is 34.5 Å². The van der Waals surface area contributed by atoms with Gasteiger partial charge in [-0.2, -0.15) is 0 Å². The average Bonchev–Trinajstić information content (AvgIpc) is 3.31. The highest BCUT2D eigenvalue weighted by Gasteiger charge is 2.31. The molecule has 0 unspecified atom stereocenters. The Morgan fingerprint density at radius 1 is 1.18 bits per heavy atom. The molecule has 0 bridgehead atoms. The number of fused-ring (bicyclic) bond motifs is 1. The minimum atomic E-state index is -0.0632. The standard InChI is InChI=1S/C27H28N2O2S2/c1-4-14-29-26(30)25(33-27(29)32)17-20-18-28(23-12-8-6-11-22(20)23)15-16-31-24-13-9-7-10-21(24)19(3)5-2/h4,6-13,17-19H,1,5,14-16H2,2-3H3/b25-17+/t19-/m0/s1. The van der Waals surface area contributed by atoms with Gasteiger partial charge in [-0.3, -0.25) is 9.69 Å². The molecule has 33 heavy (non-hydrogen) atoms. The van der Waals surface area contributed by atoms with Gasteiger partial charge in [-0.1, -0.05) is 80.3 Å². The third kappa shape index (κ3) is 4.92. The Morgan fingerprint density at radius 3 is 2.73 bits per heavy atom. The SMILES string of the molecule is C=CCN1C(=O)/C(=C\c2cn(CCOc3ccccc3[C@@H](C)CC)c3ccccc23)SC1=S. The number of nitrogens with zero attached hydrogens (tertiary/aromatic N) is 2. The van der Waals surface area contributed by atoms with Crippen molar-refractivity contribution in [3.05, 3.63) is 83.4 Å². The summed E-state index contributed by atoms with van der Waals surface area (Å²) in [6, 6.07) is 16.5. The molecule has 3 aromatic rings. The minimum absolute atomic E-state index is 0.0632. The van der Waals surface area contributed by atoms with E-state index in [0.29, 0.717) is 34.8 Å². The molecule has 4 nitrogen and oxygen atoms in total. The van der Waals surface area contributed by atoms with E-state index in [1.165, 1.54) is 17.3 Å². The van der Waals surface area contributed by atoms with Crippen LogP contribution in [0.4, 0.5) is 0 Å². The summed E-state index contributed by atoms with van der Waals surface area (Å²) < 4.78 is 8.96. The summed E-state index contributed by atoms with van der Waals surface area (Å²) in [6.07, 6.45) is 6.80. The Balaban J connectivity index is 1.56. The number of thioether (sulfide) groups is 1. The third-order valence-corrected chi connectivity index (χ3v) is 7.32. The van der Waals surface area contributed by atoms with Crippen LogP contribution in [0.3, 0.4) is 0 Å². The van der Waals surface area contributed by atoms with Gasteiger partial charge in [-0.05, 0) is 36.1 Å². The fourth-order valence-corrected chi connectivity index (χ4v) is 5.26. The van der Waals surface area contributed by atoms with Gasteiger partial charge in [0.05, 0.1) is 11.4 Å². The molecule has 0 saturated carbocycles. The molecule has 1 amide bonds. The van der Waals surface area contributed by atoms with E-state index in [1.807, 2.05) is 30.3 Å². The molecule has 2 heterocycles. The van der Waals surface area contributed by atoms with Crippen molar-refractivity contribution in [3.8, 4) is 5.75 Å². The van der Waals surface area contributed by atoms with Crippen molar-refractivity contribution in [3.63, 3.8) is 0 Å². The lowest BCUT2D eigenvalue weighted by Crippen LogP contribution is -2.27. The quantitative estimate of drug-likeness (QED) is 0.197. The minimum Gasteiger partial charge on any atom is -0.491 e. The smallest absolute Gasteiger partial charge is 0.266 e. The maximum absolute atomic E-state index is 12.8. The van der Waals surface area contributed by atoms with Gasteiger partial charge in [-0.15, -0.1) is 6.58 Å². The normalized spacial score (nSPS) is 16.1. The number of thiocarbonyl (C=S) groups is 1. The number of para-hydroxylation sites is 2. The van der Waals surface area contributed by atoms with Crippen molar-refractivity contribution < 1.29 is 9.53 Å². The predicted molar refractivity (Wildman–Crippen MR) is 143 cm³/mol. The average molecular weight is 477 g/mol. The Hall–Kier alpha value is -2.83. The number of ether oxygens (including phenoxy) is 1. The van der Waals surface area contributed by atoms with Crippen molar-refractivity contribution in [2.45, 2.75) is 32.7 Å². The van der Waals surface area contributed by atoms with Gasteiger partial charge in [0.2, 0.25) is 0 Å². The lowest BCUT2D eigenvalue weighted by molar-refractivity contribution is -0.121. The molecule has 1 aromatic heterocycles. The van der Waals surface area contributed by atoms with E-state index < -0.39 is 0 Å². The number of amides is 1. The van der Waals surface area contributed by atoms with Crippen LogP contribution in [0, 0.1) is 0 Å². The fraction of sp³-hybridized carbons (Fsp3) is 0.259. The van der Waals surface area contributed by atoms with Crippen LogP contribution in [0.1, 0.15) is 37.3 Å². The number of hydrogen-bond acceptors (Lipinski definition) is 4. The molecule has 0 spiro atoms. The Labute approximate surface area is 204 Å². The zero-order valence-electron chi connectivity index (χ0n) is 19.0. The molecule has 4 rings (SSSR count). The van der Waals surface area contributed by atoms with Crippen LogP contribution in [-0.2, 0) is 11.3 Å². The van der Waals surface area contributed by atoms with E-state index >= 15 is 0 Å². The predicted octanol–water partition coefficient (Wildman–Crippen LogP) is 6.62. The van der Waals surface area contributed by atoms with Gasteiger partial charge in [0.25, 0.3) is 5.91 Å². The highest BCUT2D eigenvalue weighted by atomic mass is 32.2. The highest BCUT2D eigenvalue weighted by Crippen LogP contribution is 2.34. The van der Waals surface area contributed by atoms with E-state index in [2.05, 4.69) is 55.5 Å². The number of rotatable bonds is 9. The fourth-order valence-electron chi connectivity index (χ4n) is 4.00. The summed E-state index contributed by atoms with van der Waals surface area (Å²) in [5.41, 5.74) is 3.37. The highest BCUT2D eigenvalue weighted by molar-refractivity contribution is 8.26. The van der Waals surface area contributed by atoms with E-state index in [4.69, 9.17) is 17.0 Å². The van der Waals surface area contributed by atoms with Crippen molar-refractivity contribution >= 4 is 51.2 Å². The molecule has 170 valence electrons. The van der Waals surface area contributed by atoms with E-state index in [1.54, 1.807) is 11.0 Å². The van der Waals surface area contributed by atoms with Crippen molar-refractivity contribution in [1.82, 2.24) is 9.47 Å². The van der Waals surface area contributed by atoms with Gasteiger partial charge in [0, 0.05) is 29.2 Å². The molecular weight excluding hydrogens is 448 g/mol. The molecule has 0 N–H and O–H groups in total. The molecule has 1 aliphatic rings. The summed E-state index contributed by atoms with van der Waals surface area (Å²) in [5, 5.41) is 1.10. The summed E-state index contributed by atoms with van der Waals surface area (Å²) in [7, 11) is 0. The monoisotopic (exact) mass is 476 g/mol. The summed E-state index contributed by atoms with van der Waals surface area (Å²) in [4.78, 5) is 15.0. The lowest BCUT2D eigenvalue weighted by atomic mass is 9.98. The van der Waals surface area contributed by atoms with Crippen LogP contribution < -0.4 is 4.74 Å². The summed E-state index contributed by atoms with van der Waals surface area (Å²) in [5.74, 6) is 1.35. The van der Waals surface area contributed by atoms with Crippen molar-refractivity contribution in [2.24, 2.45) is 0 Å². The van der Waals surface area contributed by atoms with Crippen LogP contribution in [-0.4, -0.2) is 32.8 Å². The number of carbonyl (C=O) groups excluding carboxylic acids is 1. The number of carbonyl (C=O) groups is 1. The molecule has 6 heteroatoms. The van der Waals surface area contributed by atoms with Gasteiger partial charge < -0.3 is 9.30 Å². The Bertz CT molecular complexity index is 1230. The third-order valence-electron chi connectivity index (χ3n) is 5.94. The van der Waals surface area contributed by atoms with Gasteiger partial charge in [0.1, 0.15) is 16.7 Å². The van der Waals surface area contributed by atoms with Crippen molar-refractivity contribution in [1.29, 1.82) is 0 Å². The maximum Gasteiger partial charge on any atom is 0.266 e. The van der Waals surface area contributed by atoms with Gasteiger partial charge in [0.15, 0.2) is 0 Å². The molecular formula is C27H28N2O2S2. The first-order valence-corrected chi connectivity index (χ1v) is 12.4. The first-order valence-electron chi connectivity index (χ1n) is 11.2. The molecule has 1 fully saturated rings. The van der Waals surface area contributed by atoms with Crippen molar-refractivity contribution in [2.75, 3.05) is 13.2 Å². The van der Waals surface area contributed by atoms with Crippen LogP contribution in [0.15, 0.2) is 72.3 Å². The molecule has 0 radical (unpaired) electrons. The first-order chi connectivity index (χ1) is 16.0. The lowest BCUT2D eigenvalue weighted by Gasteiger charge is -2.16. The van der Waals surface area contributed by atoms with Gasteiger partial charge in [-0.25, -0.2) is 0 Å². The second kappa shape index (κ2) is 10.4. The van der Waals surface area contributed by atoms with Crippen LogP contribution >= 0.6 is 24.0 Å². The zero-order chi connectivity index (χ0) is 23.4. The zero-order valence-corrected chi connectivity index (χ0v) is 20.6.